The monoisotopic (exact) mass is 516 g/mol. The van der Waals surface area contributed by atoms with Crippen molar-refractivity contribution >= 4 is 51.0 Å². The highest BCUT2D eigenvalue weighted by atomic mass is 79.9. The van der Waals surface area contributed by atoms with Crippen LogP contribution in [0.15, 0.2) is 60.7 Å². The van der Waals surface area contributed by atoms with E-state index in [2.05, 4.69) is 42.5 Å². The van der Waals surface area contributed by atoms with Crippen LogP contribution >= 0.6 is 39.2 Å². The number of carbonyl (C=O) groups is 2. The summed E-state index contributed by atoms with van der Waals surface area (Å²) in [6.45, 7) is 1.83. The van der Waals surface area contributed by atoms with Gasteiger partial charge in [0, 0.05) is 11.1 Å². The summed E-state index contributed by atoms with van der Waals surface area (Å²) in [5, 5.41) is 5.25. The SMILES string of the molecule is CCOP(=O)(C(Br)NC(=O)c1ccccc1)C(Br)NC(=O)c1ccccc1. The standard InChI is InChI=1S/C18H19Br2N2O4P/c1-2-26-27(25,17(19)21-15(23)13-9-5-3-6-10-13)18(20)22-16(24)14-11-7-4-8-12-14/h3-12,17-18H,2H2,1H3,(H,21,23)(H,22,24). The van der Waals surface area contributed by atoms with Crippen LogP contribution in [0.1, 0.15) is 27.6 Å². The van der Waals surface area contributed by atoms with Gasteiger partial charge >= 0.3 is 0 Å². The Bertz CT molecular complexity index is 757. The highest BCUT2D eigenvalue weighted by molar-refractivity contribution is 9.12. The van der Waals surface area contributed by atoms with E-state index in [-0.39, 0.29) is 6.61 Å². The van der Waals surface area contributed by atoms with Gasteiger partial charge in [-0.3, -0.25) is 14.2 Å². The zero-order valence-electron chi connectivity index (χ0n) is 14.5. The van der Waals surface area contributed by atoms with Crippen LogP contribution in [0.2, 0.25) is 0 Å². The molecular formula is C18H19Br2N2O4P. The van der Waals surface area contributed by atoms with Crippen molar-refractivity contribution in [1.29, 1.82) is 0 Å². The number of benzene rings is 2. The predicted octanol–water partition coefficient (Wildman–Crippen LogP) is 4.52. The summed E-state index contributed by atoms with van der Waals surface area (Å²) in [6.07, 6.45) is 0. The summed E-state index contributed by atoms with van der Waals surface area (Å²) < 4.78 is 16.9. The third kappa shape index (κ3) is 5.75. The van der Waals surface area contributed by atoms with Crippen molar-refractivity contribution < 1.29 is 18.7 Å². The predicted molar refractivity (Wildman–Crippen MR) is 112 cm³/mol. The maximum Gasteiger partial charge on any atom is 0.267 e. The minimum atomic E-state index is -3.58. The van der Waals surface area contributed by atoms with E-state index < -0.39 is 28.6 Å². The summed E-state index contributed by atoms with van der Waals surface area (Å²) in [4.78, 5) is 24.7. The average Bonchev–Trinajstić information content (AvgIpc) is 2.69. The number of rotatable bonds is 8. The molecule has 2 aromatic rings. The Kier molecular flexibility index (Phi) is 8.23. The molecular weight excluding hydrogens is 499 g/mol. The van der Waals surface area contributed by atoms with Gasteiger partial charge in [0.1, 0.15) is 0 Å². The second kappa shape index (κ2) is 10.2. The molecule has 0 heterocycles. The minimum absolute atomic E-state index is 0.143. The fourth-order valence-corrected chi connectivity index (χ4v) is 7.17. The highest BCUT2D eigenvalue weighted by Crippen LogP contribution is 2.58. The molecule has 2 aromatic carbocycles. The zero-order valence-corrected chi connectivity index (χ0v) is 18.5. The topological polar surface area (TPSA) is 84.5 Å². The number of alkyl halides is 2. The largest absolute Gasteiger partial charge is 0.331 e. The van der Waals surface area contributed by atoms with Gasteiger partial charge in [-0.1, -0.05) is 68.3 Å². The van der Waals surface area contributed by atoms with E-state index in [9.17, 15) is 14.2 Å². The lowest BCUT2D eigenvalue weighted by Crippen LogP contribution is -2.38. The Hall–Kier alpha value is -1.47. The van der Waals surface area contributed by atoms with E-state index in [1.807, 2.05) is 0 Å². The second-order valence-corrected chi connectivity index (χ2v) is 11.2. The number of amides is 2. The van der Waals surface area contributed by atoms with Gasteiger partial charge in [-0.25, -0.2) is 0 Å². The molecule has 27 heavy (non-hydrogen) atoms. The van der Waals surface area contributed by atoms with Gasteiger partial charge in [-0.2, -0.15) is 0 Å². The molecule has 2 atom stereocenters. The maximum absolute atomic E-state index is 13.4. The molecule has 2 unspecified atom stereocenters. The van der Waals surface area contributed by atoms with Crippen molar-refractivity contribution in [3.05, 3.63) is 71.8 Å². The Labute approximate surface area is 174 Å². The van der Waals surface area contributed by atoms with Crippen LogP contribution in [-0.4, -0.2) is 27.8 Å². The first-order valence-electron chi connectivity index (χ1n) is 8.12. The number of carbonyl (C=O) groups excluding carboxylic acids is 2. The van der Waals surface area contributed by atoms with Gasteiger partial charge in [0.15, 0.2) is 9.38 Å². The van der Waals surface area contributed by atoms with Crippen molar-refractivity contribution in [2.45, 2.75) is 16.3 Å². The molecule has 0 bridgehead atoms. The highest BCUT2D eigenvalue weighted by Gasteiger charge is 2.41. The quantitative estimate of drug-likeness (QED) is 0.306. The number of halogens is 2. The number of nitrogens with one attached hydrogen (secondary N) is 2. The molecule has 0 saturated carbocycles. The lowest BCUT2D eigenvalue weighted by atomic mass is 10.2. The van der Waals surface area contributed by atoms with Gasteiger partial charge in [0.05, 0.1) is 6.61 Å². The summed E-state index contributed by atoms with van der Waals surface area (Å²) in [5.41, 5.74) is 0.842. The number of hydrogen-bond donors (Lipinski definition) is 2. The molecule has 144 valence electrons. The fraction of sp³-hybridized carbons (Fsp3) is 0.222. The molecule has 2 rings (SSSR count). The zero-order chi connectivity index (χ0) is 19.9. The molecule has 0 aliphatic heterocycles. The Morgan fingerprint density at radius 1 is 0.889 bits per heavy atom. The molecule has 0 aliphatic carbocycles. The minimum Gasteiger partial charge on any atom is -0.331 e. The van der Waals surface area contributed by atoms with Crippen LogP contribution in [0, 0.1) is 0 Å². The first-order chi connectivity index (χ1) is 12.9. The van der Waals surface area contributed by atoms with Crippen LogP contribution in [0.5, 0.6) is 0 Å². The Morgan fingerprint density at radius 2 is 1.26 bits per heavy atom. The number of hydrogen-bond acceptors (Lipinski definition) is 4. The molecule has 2 N–H and O–H groups in total. The van der Waals surface area contributed by atoms with Crippen molar-refractivity contribution in [3.8, 4) is 0 Å². The van der Waals surface area contributed by atoms with Crippen LogP contribution in [0.4, 0.5) is 0 Å². The lowest BCUT2D eigenvalue weighted by Gasteiger charge is -2.28. The van der Waals surface area contributed by atoms with Gasteiger partial charge in [0.2, 0.25) is 0 Å². The van der Waals surface area contributed by atoms with E-state index in [4.69, 9.17) is 4.52 Å². The molecule has 9 heteroatoms. The summed E-state index contributed by atoms with van der Waals surface area (Å²) in [6, 6.07) is 17.1. The lowest BCUT2D eigenvalue weighted by molar-refractivity contribution is 0.0953. The molecule has 0 aliphatic rings. The molecule has 0 aromatic heterocycles. The third-order valence-electron chi connectivity index (χ3n) is 3.54. The maximum atomic E-state index is 13.4. The molecule has 0 spiro atoms. The van der Waals surface area contributed by atoms with E-state index in [1.165, 1.54) is 0 Å². The second-order valence-electron chi connectivity index (χ2n) is 5.41. The third-order valence-corrected chi connectivity index (χ3v) is 9.60. The van der Waals surface area contributed by atoms with E-state index >= 15 is 0 Å². The first-order valence-corrected chi connectivity index (χ1v) is 11.7. The van der Waals surface area contributed by atoms with Crippen molar-refractivity contribution in [1.82, 2.24) is 10.6 Å². The van der Waals surface area contributed by atoms with E-state index in [1.54, 1.807) is 67.6 Å². The summed E-state index contributed by atoms with van der Waals surface area (Å²) in [5.74, 6) is -0.821. The van der Waals surface area contributed by atoms with Crippen LogP contribution in [0.25, 0.3) is 0 Å². The van der Waals surface area contributed by atoms with Gasteiger partial charge in [-0.15, -0.1) is 0 Å². The van der Waals surface area contributed by atoms with E-state index in [0.29, 0.717) is 11.1 Å². The van der Waals surface area contributed by atoms with Crippen molar-refractivity contribution in [3.63, 3.8) is 0 Å². The fourth-order valence-electron chi connectivity index (χ4n) is 2.19. The van der Waals surface area contributed by atoms with Crippen LogP contribution in [0.3, 0.4) is 0 Å². The van der Waals surface area contributed by atoms with Crippen LogP contribution in [-0.2, 0) is 9.09 Å². The average molecular weight is 518 g/mol. The molecule has 2 amide bonds. The van der Waals surface area contributed by atoms with E-state index in [0.717, 1.165) is 0 Å². The van der Waals surface area contributed by atoms with Gasteiger partial charge in [0.25, 0.3) is 19.2 Å². The van der Waals surface area contributed by atoms with Crippen LogP contribution < -0.4 is 10.6 Å². The smallest absolute Gasteiger partial charge is 0.267 e. The molecule has 6 nitrogen and oxygen atoms in total. The summed E-state index contributed by atoms with van der Waals surface area (Å²) in [7, 11) is -3.58. The normalized spacial score (nSPS) is 15.2. The van der Waals surface area contributed by atoms with Crippen molar-refractivity contribution in [2.24, 2.45) is 0 Å². The van der Waals surface area contributed by atoms with Gasteiger partial charge < -0.3 is 15.2 Å². The molecule has 0 radical (unpaired) electrons. The molecule has 0 fully saturated rings. The Morgan fingerprint density at radius 3 is 1.59 bits per heavy atom. The molecule has 0 saturated heterocycles. The van der Waals surface area contributed by atoms with Gasteiger partial charge in [-0.05, 0) is 31.2 Å². The summed E-state index contributed by atoms with van der Waals surface area (Å²) >= 11 is 6.49. The first kappa shape index (κ1) is 21.8. The van der Waals surface area contributed by atoms with Crippen molar-refractivity contribution in [2.75, 3.05) is 6.61 Å². The Balaban J connectivity index is 2.13.